The molecule has 142 valence electrons. The van der Waals surface area contributed by atoms with E-state index in [1.165, 1.54) is 16.8 Å². The van der Waals surface area contributed by atoms with Crippen molar-refractivity contribution in [2.24, 2.45) is 0 Å². The van der Waals surface area contributed by atoms with Gasteiger partial charge in [0.1, 0.15) is 17.0 Å². The highest BCUT2D eigenvalue weighted by molar-refractivity contribution is 7.99. The molecule has 1 amide bonds. The SMILES string of the molecule is Cc1ccc(NC(=O)CSc2n[nH]c(=O)c3cc(-c4ccco4)nn23)cc1F. The number of aromatic amines is 1. The molecule has 1 aromatic carbocycles. The Hall–Kier alpha value is -3.40. The fourth-order valence-corrected chi connectivity index (χ4v) is 3.23. The average molecular weight is 399 g/mol. The minimum absolute atomic E-state index is 0.000412. The molecule has 0 aliphatic rings. The van der Waals surface area contributed by atoms with Crippen LogP contribution in [0.1, 0.15) is 5.56 Å². The molecule has 0 saturated heterocycles. The van der Waals surface area contributed by atoms with Gasteiger partial charge in [-0.2, -0.15) is 5.10 Å². The summed E-state index contributed by atoms with van der Waals surface area (Å²) in [7, 11) is 0. The van der Waals surface area contributed by atoms with Crippen molar-refractivity contribution in [1.82, 2.24) is 19.8 Å². The van der Waals surface area contributed by atoms with E-state index < -0.39 is 11.4 Å². The Balaban J connectivity index is 1.53. The van der Waals surface area contributed by atoms with E-state index in [0.29, 0.717) is 27.9 Å². The number of aromatic nitrogens is 4. The number of nitrogens with zero attached hydrogens (tertiary/aromatic N) is 3. The minimum atomic E-state index is -0.408. The van der Waals surface area contributed by atoms with Crippen LogP contribution in [0.2, 0.25) is 0 Å². The molecule has 0 fully saturated rings. The fourth-order valence-electron chi connectivity index (χ4n) is 2.53. The molecule has 28 heavy (non-hydrogen) atoms. The number of H-pyrrole nitrogens is 1. The summed E-state index contributed by atoms with van der Waals surface area (Å²) in [6, 6.07) is 9.50. The van der Waals surface area contributed by atoms with Gasteiger partial charge in [-0.15, -0.1) is 5.10 Å². The van der Waals surface area contributed by atoms with Crippen molar-refractivity contribution in [3.8, 4) is 11.5 Å². The lowest BCUT2D eigenvalue weighted by Crippen LogP contribution is -2.17. The Bertz CT molecular complexity index is 1220. The summed E-state index contributed by atoms with van der Waals surface area (Å²) in [5.74, 6) is -0.220. The molecule has 8 nitrogen and oxygen atoms in total. The van der Waals surface area contributed by atoms with Gasteiger partial charge < -0.3 is 9.73 Å². The number of nitrogens with one attached hydrogen (secondary N) is 2. The molecule has 3 heterocycles. The molecule has 3 aromatic heterocycles. The maximum Gasteiger partial charge on any atom is 0.290 e. The summed E-state index contributed by atoms with van der Waals surface area (Å²) in [5, 5.41) is 13.6. The van der Waals surface area contributed by atoms with Crippen LogP contribution < -0.4 is 10.9 Å². The van der Waals surface area contributed by atoms with E-state index in [1.54, 1.807) is 37.3 Å². The Morgan fingerprint density at radius 1 is 1.36 bits per heavy atom. The van der Waals surface area contributed by atoms with Crippen LogP contribution in [0.15, 0.2) is 57.0 Å². The van der Waals surface area contributed by atoms with Gasteiger partial charge >= 0.3 is 0 Å². The van der Waals surface area contributed by atoms with Crippen LogP contribution in [0.4, 0.5) is 10.1 Å². The standard InChI is InChI=1S/C18H14FN5O3S/c1-10-4-5-11(7-12(10)19)20-16(25)9-28-18-22-21-17(26)14-8-13(23-24(14)18)15-3-2-6-27-15/h2-8H,9H2,1H3,(H,20,25)(H,21,26). The maximum absolute atomic E-state index is 13.6. The van der Waals surface area contributed by atoms with E-state index in [0.717, 1.165) is 11.8 Å². The Morgan fingerprint density at radius 3 is 2.96 bits per heavy atom. The molecular weight excluding hydrogens is 385 g/mol. The van der Waals surface area contributed by atoms with E-state index >= 15 is 0 Å². The second kappa shape index (κ2) is 7.31. The maximum atomic E-state index is 13.6. The van der Waals surface area contributed by atoms with E-state index in [4.69, 9.17) is 4.42 Å². The highest BCUT2D eigenvalue weighted by Gasteiger charge is 2.15. The quantitative estimate of drug-likeness (QED) is 0.500. The predicted molar refractivity (Wildman–Crippen MR) is 102 cm³/mol. The third-order valence-corrected chi connectivity index (χ3v) is 4.87. The molecule has 0 saturated carbocycles. The van der Waals surface area contributed by atoms with Gasteiger partial charge in [0.25, 0.3) is 5.56 Å². The number of amides is 1. The first-order valence-electron chi connectivity index (χ1n) is 8.22. The highest BCUT2D eigenvalue weighted by atomic mass is 32.2. The Morgan fingerprint density at radius 2 is 2.21 bits per heavy atom. The Kier molecular flexibility index (Phi) is 4.70. The van der Waals surface area contributed by atoms with Crippen LogP contribution in [0.25, 0.3) is 17.0 Å². The van der Waals surface area contributed by atoms with Crippen molar-refractivity contribution in [1.29, 1.82) is 0 Å². The number of fused-ring (bicyclic) bond motifs is 1. The average Bonchev–Trinajstić information content (AvgIpc) is 3.34. The second-order valence-corrected chi connectivity index (χ2v) is 6.88. The summed E-state index contributed by atoms with van der Waals surface area (Å²) in [4.78, 5) is 24.2. The van der Waals surface area contributed by atoms with Crippen molar-refractivity contribution >= 4 is 28.9 Å². The molecule has 0 aliphatic carbocycles. The molecular formula is C18H14FN5O3S. The van der Waals surface area contributed by atoms with Crippen molar-refractivity contribution in [3.63, 3.8) is 0 Å². The summed E-state index contributed by atoms with van der Waals surface area (Å²) >= 11 is 1.09. The van der Waals surface area contributed by atoms with Gasteiger partial charge in [-0.05, 0) is 36.8 Å². The zero-order chi connectivity index (χ0) is 19.7. The van der Waals surface area contributed by atoms with Crippen molar-refractivity contribution in [2.45, 2.75) is 12.1 Å². The van der Waals surface area contributed by atoms with Gasteiger partial charge in [-0.3, -0.25) is 9.59 Å². The van der Waals surface area contributed by atoms with Crippen LogP contribution in [0.5, 0.6) is 0 Å². The third-order valence-electron chi connectivity index (χ3n) is 3.94. The zero-order valence-electron chi connectivity index (χ0n) is 14.6. The molecule has 4 rings (SSSR count). The van der Waals surface area contributed by atoms with Gasteiger partial charge in [0, 0.05) is 11.8 Å². The van der Waals surface area contributed by atoms with Crippen LogP contribution >= 0.6 is 11.8 Å². The lowest BCUT2D eigenvalue weighted by Gasteiger charge is -2.06. The topological polar surface area (TPSA) is 105 Å². The Labute approximate surface area is 161 Å². The van der Waals surface area contributed by atoms with E-state index in [1.807, 2.05) is 0 Å². The van der Waals surface area contributed by atoms with Crippen LogP contribution in [-0.2, 0) is 4.79 Å². The fraction of sp³-hybridized carbons (Fsp3) is 0.111. The van der Waals surface area contributed by atoms with Crippen molar-refractivity contribution in [2.75, 3.05) is 11.1 Å². The number of furan rings is 1. The van der Waals surface area contributed by atoms with Crippen molar-refractivity contribution in [3.05, 3.63) is 64.4 Å². The molecule has 4 aromatic rings. The summed E-state index contributed by atoms with van der Waals surface area (Å²) in [5.41, 5.74) is 1.22. The predicted octanol–water partition coefficient (Wildman–Crippen LogP) is 2.86. The summed E-state index contributed by atoms with van der Waals surface area (Å²) < 4.78 is 20.3. The number of benzene rings is 1. The molecule has 0 unspecified atom stereocenters. The number of carbonyl (C=O) groups is 1. The van der Waals surface area contributed by atoms with Crippen molar-refractivity contribution < 1.29 is 13.6 Å². The molecule has 2 N–H and O–H groups in total. The molecule has 10 heteroatoms. The number of rotatable bonds is 5. The van der Waals surface area contributed by atoms with Crippen LogP contribution in [0, 0.1) is 12.7 Å². The first-order valence-corrected chi connectivity index (χ1v) is 9.21. The second-order valence-electron chi connectivity index (χ2n) is 5.94. The van der Waals surface area contributed by atoms with Gasteiger partial charge in [0.2, 0.25) is 11.1 Å². The van der Waals surface area contributed by atoms with E-state index in [2.05, 4.69) is 20.6 Å². The number of hydrogen-bond donors (Lipinski definition) is 2. The largest absolute Gasteiger partial charge is 0.463 e. The van der Waals surface area contributed by atoms with Gasteiger partial charge in [0.15, 0.2) is 5.76 Å². The summed E-state index contributed by atoms with van der Waals surface area (Å²) in [6.07, 6.45) is 1.51. The summed E-state index contributed by atoms with van der Waals surface area (Å²) in [6.45, 7) is 1.64. The van der Waals surface area contributed by atoms with Gasteiger partial charge in [0.05, 0.1) is 12.0 Å². The monoisotopic (exact) mass is 399 g/mol. The van der Waals surface area contributed by atoms with E-state index in [9.17, 15) is 14.0 Å². The smallest absolute Gasteiger partial charge is 0.290 e. The van der Waals surface area contributed by atoms with Gasteiger partial charge in [-0.25, -0.2) is 14.0 Å². The first kappa shape index (κ1) is 18.0. The lowest BCUT2D eigenvalue weighted by molar-refractivity contribution is -0.113. The number of anilines is 1. The molecule has 0 aliphatic heterocycles. The first-order chi connectivity index (χ1) is 13.5. The number of halogens is 1. The number of carbonyl (C=O) groups excluding carboxylic acids is 1. The van der Waals surface area contributed by atoms with Gasteiger partial charge in [-0.1, -0.05) is 17.8 Å². The molecule has 0 bridgehead atoms. The molecule has 0 atom stereocenters. The van der Waals surface area contributed by atoms with Crippen LogP contribution in [-0.4, -0.2) is 31.5 Å². The number of aryl methyl sites for hydroxylation is 1. The highest BCUT2D eigenvalue weighted by Crippen LogP contribution is 2.22. The lowest BCUT2D eigenvalue weighted by atomic mass is 10.2. The number of hydrogen-bond acceptors (Lipinski definition) is 6. The third kappa shape index (κ3) is 3.54. The zero-order valence-corrected chi connectivity index (χ0v) is 15.4. The molecule has 0 radical (unpaired) electrons. The normalized spacial score (nSPS) is 11.1. The molecule has 0 spiro atoms. The minimum Gasteiger partial charge on any atom is -0.463 e. The van der Waals surface area contributed by atoms with E-state index in [-0.39, 0.29) is 17.2 Å². The number of thioether (sulfide) groups is 1. The van der Waals surface area contributed by atoms with Crippen LogP contribution in [0.3, 0.4) is 0 Å².